The molecule has 0 aliphatic heterocycles. The summed E-state index contributed by atoms with van der Waals surface area (Å²) in [6.45, 7) is 3.91. The van der Waals surface area contributed by atoms with E-state index in [4.69, 9.17) is 4.42 Å². The van der Waals surface area contributed by atoms with Gasteiger partial charge in [0.25, 0.3) is 0 Å². The first kappa shape index (κ1) is 11.4. The Morgan fingerprint density at radius 1 is 1.62 bits per heavy atom. The van der Waals surface area contributed by atoms with Crippen LogP contribution < -0.4 is 0 Å². The van der Waals surface area contributed by atoms with E-state index in [1.165, 1.54) is 12.5 Å². The zero-order chi connectivity index (χ0) is 11.8. The van der Waals surface area contributed by atoms with E-state index in [1.807, 2.05) is 13.8 Å². The summed E-state index contributed by atoms with van der Waals surface area (Å²) in [5.41, 5.74) is 0.0341. The highest BCUT2D eigenvalue weighted by Gasteiger charge is 2.47. The molecule has 3 unspecified atom stereocenters. The van der Waals surface area contributed by atoms with Crippen molar-refractivity contribution in [2.75, 3.05) is 0 Å². The Kier molecular flexibility index (Phi) is 2.89. The Morgan fingerprint density at radius 2 is 2.38 bits per heavy atom. The molecule has 1 N–H and O–H groups in total. The summed E-state index contributed by atoms with van der Waals surface area (Å²) in [6.07, 6.45) is 4.81. The summed E-state index contributed by atoms with van der Waals surface area (Å²) in [4.78, 5) is 12.1. The number of ketones is 1. The van der Waals surface area contributed by atoms with Gasteiger partial charge in [-0.25, -0.2) is 0 Å². The van der Waals surface area contributed by atoms with Gasteiger partial charge in [-0.05, 0) is 31.7 Å². The summed E-state index contributed by atoms with van der Waals surface area (Å²) in [7, 11) is 0. The van der Waals surface area contributed by atoms with Crippen LogP contribution in [0.2, 0.25) is 0 Å². The van der Waals surface area contributed by atoms with E-state index < -0.39 is 11.5 Å². The average Bonchev–Trinajstić information content (AvgIpc) is 2.78. The highest BCUT2D eigenvalue weighted by molar-refractivity contribution is 5.86. The molecule has 3 heteroatoms. The van der Waals surface area contributed by atoms with Crippen LogP contribution in [0.15, 0.2) is 23.0 Å². The predicted molar refractivity (Wildman–Crippen MR) is 59.8 cm³/mol. The summed E-state index contributed by atoms with van der Waals surface area (Å²) >= 11 is 0. The van der Waals surface area contributed by atoms with E-state index in [0.29, 0.717) is 12.0 Å². The molecule has 88 valence electrons. The third-order valence-corrected chi connectivity index (χ3v) is 4.09. The second-order valence-electron chi connectivity index (χ2n) is 4.96. The molecule has 1 saturated carbocycles. The maximum atomic E-state index is 12.1. The predicted octanol–water partition coefficient (Wildman–Crippen LogP) is 2.71. The molecule has 1 aliphatic rings. The van der Waals surface area contributed by atoms with Gasteiger partial charge in [0.05, 0.1) is 24.0 Å². The van der Waals surface area contributed by atoms with Gasteiger partial charge in [0.2, 0.25) is 0 Å². The molecule has 1 aromatic heterocycles. The Hall–Kier alpha value is -1.09. The first-order valence-electron chi connectivity index (χ1n) is 5.80. The number of hydrogen-bond donors (Lipinski definition) is 1. The van der Waals surface area contributed by atoms with E-state index >= 15 is 0 Å². The first-order valence-corrected chi connectivity index (χ1v) is 5.80. The molecule has 2 rings (SSSR count). The van der Waals surface area contributed by atoms with E-state index in [2.05, 4.69) is 0 Å². The molecule has 3 atom stereocenters. The third kappa shape index (κ3) is 1.59. The van der Waals surface area contributed by atoms with Crippen molar-refractivity contribution in [1.29, 1.82) is 0 Å². The van der Waals surface area contributed by atoms with Gasteiger partial charge >= 0.3 is 0 Å². The van der Waals surface area contributed by atoms with Crippen LogP contribution in [0.5, 0.6) is 0 Å². The second kappa shape index (κ2) is 4.06. The number of furan rings is 1. The molecule has 0 amide bonds. The zero-order valence-electron chi connectivity index (χ0n) is 9.77. The van der Waals surface area contributed by atoms with Crippen LogP contribution in [0.25, 0.3) is 0 Å². The average molecular weight is 222 g/mol. The Morgan fingerprint density at radius 3 is 2.94 bits per heavy atom. The fourth-order valence-corrected chi connectivity index (χ4v) is 2.61. The molecule has 0 saturated heterocycles. The fraction of sp³-hybridized carbons (Fsp3) is 0.615. The second-order valence-corrected chi connectivity index (χ2v) is 4.96. The molecule has 1 fully saturated rings. The highest BCUT2D eigenvalue weighted by atomic mass is 16.3. The van der Waals surface area contributed by atoms with Crippen LogP contribution in [0.4, 0.5) is 0 Å². The smallest absolute Gasteiger partial charge is 0.141 e. The minimum atomic E-state index is -0.756. The van der Waals surface area contributed by atoms with Gasteiger partial charge in [-0.3, -0.25) is 4.79 Å². The van der Waals surface area contributed by atoms with Crippen LogP contribution in [0.3, 0.4) is 0 Å². The lowest BCUT2D eigenvalue weighted by Gasteiger charge is -2.41. The van der Waals surface area contributed by atoms with Crippen LogP contribution in [0.1, 0.15) is 44.8 Å². The largest absolute Gasteiger partial charge is 0.472 e. The van der Waals surface area contributed by atoms with Crippen LogP contribution >= 0.6 is 0 Å². The van der Waals surface area contributed by atoms with E-state index in [-0.39, 0.29) is 11.7 Å². The topological polar surface area (TPSA) is 50.4 Å². The molecule has 1 heterocycles. The molecule has 0 spiro atoms. The number of carbonyl (C=O) groups is 1. The normalized spacial score (nSPS) is 32.7. The van der Waals surface area contributed by atoms with Crippen molar-refractivity contribution in [3.05, 3.63) is 24.2 Å². The summed E-state index contributed by atoms with van der Waals surface area (Å²) in [5, 5.41) is 10.4. The maximum Gasteiger partial charge on any atom is 0.141 e. The maximum absolute atomic E-state index is 12.1. The van der Waals surface area contributed by atoms with Crippen molar-refractivity contribution < 1.29 is 14.3 Å². The van der Waals surface area contributed by atoms with Gasteiger partial charge < -0.3 is 9.52 Å². The van der Waals surface area contributed by atoms with Gasteiger partial charge in [0, 0.05) is 12.0 Å². The molecule has 16 heavy (non-hydrogen) atoms. The van der Waals surface area contributed by atoms with Crippen molar-refractivity contribution in [2.24, 2.45) is 11.3 Å². The minimum absolute atomic E-state index is 0.167. The quantitative estimate of drug-likeness (QED) is 0.837. The van der Waals surface area contributed by atoms with E-state index in [0.717, 1.165) is 12.8 Å². The minimum Gasteiger partial charge on any atom is -0.472 e. The SMILES string of the molecule is CC1CCCC(=O)C1(C)C(O)c1ccoc1. The van der Waals surface area contributed by atoms with Gasteiger partial charge in [-0.2, -0.15) is 0 Å². The lowest BCUT2D eigenvalue weighted by Crippen LogP contribution is -2.43. The Bertz CT molecular complexity index is 369. The molecular weight excluding hydrogens is 204 g/mol. The van der Waals surface area contributed by atoms with E-state index in [9.17, 15) is 9.90 Å². The third-order valence-electron chi connectivity index (χ3n) is 4.09. The Labute approximate surface area is 95.5 Å². The van der Waals surface area contributed by atoms with Crippen molar-refractivity contribution >= 4 is 5.78 Å². The molecular formula is C13H18O3. The van der Waals surface area contributed by atoms with Crippen molar-refractivity contribution in [2.45, 2.75) is 39.2 Å². The number of aliphatic hydroxyl groups excluding tert-OH is 1. The van der Waals surface area contributed by atoms with Gasteiger partial charge in [0.1, 0.15) is 5.78 Å². The fourth-order valence-electron chi connectivity index (χ4n) is 2.61. The summed E-state index contributed by atoms with van der Waals surface area (Å²) < 4.78 is 4.97. The highest BCUT2D eigenvalue weighted by Crippen LogP contribution is 2.47. The number of aliphatic hydroxyl groups is 1. The molecule has 3 nitrogen and oxygen atoms in total. The number of carbonyl (C=O) groups excluding carboxylic acids is 1. The van der Waals surface area contributed by atoms with Crippen molar-refractivity contribution in [3.63, 3.8) is 0 Å². The molecule has 1 aromatic rings. The van der Waals surface area contributed by atoms with Crippen LogP contribution in [-0.4, -0.2) is 10.9 Å². The van der Waals surface area contributed by atoms with Gasteiger partial charge in [-0.15, -0.1) is 0 Å². The monoisotopic (exact) mass is 222 g/mol. The van der Waals surface area contributed by atoms with Crippen LogP contribution in [0, 0.1) is 11.3 Å². The van der Waals surface area contributed by atoms with Crippen LogP contribution in [-0.2, 0) is 4.79 Å². The molecule has 0 aromatic carbocycles. The standard InChI is InChI=1S/C13H18O3/c1-9-4-3-5-11(14)13(9,2)12(15)10-6-7-16-8-10/h6-9,12,15H,3-5H2,1-2H3. The number of hydrogen-bond acceptors (Lipinski definition) is 3. The van der Waals surface area contributed by atoms with Crippen molar-refractivity contribution in [1.82, 2.24) is 0 Å². The van der Waals surface area contributed by atoms with E-state index in [1.54, 1.807) is 6.07 Å². The van der Waals surface area contributed by atoms with Crippen molar-refractivity contribution in [3.8, 4) is 0 Å². The number of rotatable bonds is 2. The first-order chi connectivity index (χ1) is 7.56. The van der Waals surface area contributed by atoms with Gasteiger partial charge in [-0.1, -0.05) is 6.92 Å². The molecule has 0 bridgehead atoms. The zero-order valence-corrected chi connectivity index (χ0v) is 9.77. The lowest BCUT2D eigenvalue weighted by atomic mass is 9.63. The summed E-state index contributed by atoms with van der Waals surface area (Å²) in [5.74, 6) is 0.374. The molecule has 1 aliphatic carbocycles. The lowest BCUT2D eigenvalue weighted by molar-refractivity contribution is -0.143. The Balaban J connectivity index is 2.32. The molecule has 0 radical (unpaired) electrons. The number of Topliss-reactive ketones (excluding diaryl/α,β-unsaturated/α-hetero) is 1. The van der Waals surface area contributed by atoms with Gasteiger partial charge in [0.15, 0.2) is 0 Å². The summed E-state index contributed by atoms with van der Waals surface area (Å²) in [6, 6.07) is 1.73.